The topological polar surface area (TPSA) is 90.8 Å². The molecular weight excluding hydrogens is 236 g/mol. The van der Waals surface area contributed by atoms with E-state index in [4.69, 9.17) is 0 Å². The first-order chi connectivity index (χ1) is 8.50. The maximum absolute atomic E-state index is 10.8. The quantitative estimate of drug-likeness (QED) is 0.645. The van der Waals surface area contributed by atoms with Crippen LogP contribution in [0.2, 0.25) is 0 Å². The van der Waals surface area contributed by atoms with Gasteiger partial charge in [-0.3, -0.25) is 9.25 Å². The van der Waals surface area contributed by atoms with Gasteiger partial charge in [-0.25, -0.2) is 0 Å². The Balaban J connectivity index is 2.18. The molecule has 96 valence electrons. The summed E-state index contributed by atoms with van der Waals surface area (Å²) < 4.78 is 3.35. The van der Waals surface area contributed by atoms with Crippen LogP contribution in [0.15, 0.2) is 12.5 Å². The largest absolute Gasteiger partial charge is 0.406 e. The lowest BCUT2D eigenvalue weighted by molar-refractivity contribution is -0.388. The predicted molar refractivity (Wildman–Crippen MR) is 65.1 cm³/mol. The Kier molecular flexibility index (Phi) is 3.00. The van der Waals surface area contributed by atoms with Crippen molar-refractivity contribution in [1.82, 2.24) is 19.3 Å². The molecular formula is C10H14N6O2. The van der Waals surface area contributed by atoms with E-state index in [1.165, 1.54) is 6.33 Å². The normalized spacial score (nSPS) is 10.6. The van der Waals surface area contributed by atoms with E-state index < -0.39 is 4.92 Å². The molecule has 2 heterocycles. The summed E-state index contributed by atoms with van der Waals surface area (Å²) in [5.74, 6) is 0.224. The minimum atomic E-state index is -0.502. The summed E-state index contributed by atoms with van der Waals surface area (Å²) in [6.07, 6.45) is 3.15. The molecule has 0 unspecified atom stereocenters. The highest BCUT2D eigenvalue weighted by atomic mass is 16.6. The molecule has 0 saturated carbocycles. The lowest BCUT2D eigenvalue weighted by Crippen LogP contribution is -2.06. The Bertz CT molecular complexity index is 585. The second-order valence-corrected chi connectivity index (χ2v) is 4.02. The molecule has 2 aromatic rings. The fraction of sp³-hybridized carbons (Fsp3) is 0.400. The second kappa shape index (κ2) is 4.47. The molecule has 0 fully saturated rings. The zero-order valence-corrected chi connectivity index (χ0v) is 10.4. The van der Waals surface area contributed by atoms with E-state index in [0.717, 1.165) is 11.3 Å². The van der Waals surface area contributed by atoms with Gasteiger partial charge < -0.3 is 15.4 Å². The molecule has 0 aliphatic heterocycles. The molecule has 0 spiro atoms. The van der Waals surface area contributed by atoms with Crippen molar-refractivity contribution in [2.75, 3.05) is 5.32 Å². The minimum Gasteiger partial charge on any atom is -0.360 e. The fourth-order valence-electron chi connectivity index (χ4n) is 1.65. The lowest BCUT2D eigenvalue weighted by Gasteiger charge is -2.05. The molecule has 0 amide bonds. The van der Waals surface area contributed by atoms with E-state index in [0.29, 0.717) is 12.4 Å². The Labute approximate surface area is 103 Å². The van der Waals surface area contributed by atoms with Crippen LogP contribution in [0, 0.1) is 17.0 Å². The molecule has 8 heteroatoms. The van der Waals surface area contributed by atoms with E-state index >= 15 is 0 Å². The van der Waals surface area contributed by atoms with Gasteiger partial charge in [0, 0.05) is 31.9 Å². The summed E-state index contributed by atoms with van der Waals surface area (Å²) in [5.41, 5.74) is 2.01. The van der Waals surface area contributed by atoms with Crippen molar-refractivity contribution >= 4 is 11.6 Å². The standard InChI is InChI=1S/C10H14N6O2/c1-7-8(5-13-15(7)3)4-11-9-10(16(17)18)12-6-14(9)2/h5-6,11H,4H2,1-3H3. The molecule has 0 saturated heterocycles. The third-order valence-electron chi connectivity index (χ3n) is 2.87. The van der Waals surface area contributed by atoms with Gasteiger partial charge in [-0.15, -0.1) is 0 Å². The smallest absolute Gasteiger partial charge is 0.360 e. The number of nitro groups is 1. The van der Waals surface area contributed by atoms with Crippen LogP contribution in [-0.4, -0.2) is 24.3 Å². The molecule has 1 N–H and O–H groups in total. The molecule has 0 aliphatic rings. The molecule has 0 atom stereocenters. The number of anilines is 1. The van der Waals surface area contributed by atoms with Crippen LogP contribution in [0.4, 0.5) is 11.6 Å². The van der Waals surface area contributed by atoms with Gasteiger partial charge in [0.15, 0.2) is 0 Å². The highest BCUT2D eigenvalue weighted by molar-refractivity contribution is 5.52. The number of hydrogen-bond acceptors (Lipinski definition) is 5. The first kappa shape index (κ1) is 12.1. The molecule has 18 heavy (non-hydrogen) atoms. The molecule has 2 aromatic heterocycles. The highest BCUT2D eigenvalue weighted by Crippen LogP contribution is 2.22. The van der Waals surface area contributed by atoms with E-state index in [-0.39, 0.29) is 5.82 Å². The van der Waals surface area contributed by atoms with Crippen LogP contribution in [-0.2, 0) is 20.6 Å². The van der Waals surface area contributed by atoms with Gasteiger partial charge in [0.1, 0.15) is 0 Å². The predicted octanol–water partition coefficient (Wildman–Crippen LogP) is 0.982. The van der Waals surface area contributed by atoms with E-state index in [9.17, 15) is 10.1 Å². The first-order valence-electron chi connectivity index (χ1n) is 5.37. The number of aromatic nitrogens is 4. The van der Waals surface area contributed by atoms with Crippen LogP contribution in [0.3, 0.4) is 0 Å². The number of nitrogens with zero attached hydrogens (tertiary/aromatic N) is 5. The summed E-state index contributed by atoms with van der Waals surface area (Å²) >= 11 is 0. The van der Waals surface area contributed by atoms with Gasteiger partial charge in [-0.05, 0) is 16.8 Å². The Morgan fingerprint density at radius 2 is 2.22 bits per heavy atom. The summed E-state index contributed by atoms with van der Waals surface area (Å²) in [5, 5.41) is 17.9. The van der Waals surface area contributed by atoms with E-state index in [2.05, 4.69) is 15.4 Å². The van der Waals surface area contributed by atoms with Crippen LogP contribution in [0.25, 0.3) is 0 Å². The maximum Gasteiger partial charge on any atom is 0.406 e. The average Bonchev–Trinajstić information content (AvgIpc) is 2.83. The zero-order chi connectivity index (χ0) is 13.3. The number of nitrogens with one attached hydrogen (secondary N) is 1. The second-order valence-electron chi connectivity index (χ2n) is 4.02. The Morgan fingerprint density at radius 3 is 2.78 bits per heavy atom. The highest BCUT2D eigenvalue weighted by Gasteiger charge is 2.19. The third kappa shape index (κ3) is 2.04. The molecule has 2 rings (SSSR count). The van der Waals surface area contributed by atoms with Crippen LogP contribution >= 0.6 is 0 Å². The minimum absolute atomic E-state index is 0.168. The van der Waals surface area contributed by atoms with Crippen molar-refractivity contribution in [3.63, 3.8) is 0 Å². The van der Waals surface area contributed by atoms with Gasteiger partial charge >= 0.3 is 5.82 Å². The summed E-state index contributed by atoms with van der Waals surface area (Å²) in [6, 6.07) is 0. The molecule has 0 bridgehead atoms. The summed E-state index contributed by atoms with van der Waals surface area (Å²) in [6.45, 7) is 2.42. The van der Waals surface area contributed by atoms with Gasteiger partial charge in [0.2, 0.25) is 12.1 Å². The monoisotopic (exact) mass is 250 g/mol. The van der Waals surface area contributed by atoms with Crippen LogP contribution in [0.1, 0.15) is 11.3 Å². The lowest BCUT2D eigenvalue weighted by atomic mass is 10.2. The molecule has 8 nitrogen and oxygen atoms in total. The Hall–Kier alpha value is -2.38. The van der Waals surface area contributed by atoms with E-state index in [1.807, 2.05) is 14.0 Å². The molecule has 0 aliphatic carbocycles. The van der Waals surface area contributed by atoms with Crippen molar-refractivity contribution in [1.29, 1.82) is 0 Å². The summed E-state index contributed by atoms with van der Waals surface area (Å²) in [4.78, 5) is 14.0. The number of hydrogen-bond donors (Lipinski definition) is 1. The first-order valence-corrected chi connectivity index (χ1v) is 5.37. The third-order valence-corrected chi connectivity index (χ3v) is 2.87. The van der Waals surface area contributed by atoms with Gasteiger partial charge in [0.05, 0.1) is 6.20 Å². The van der Waals surface area contributed by atoms with Crippen molar-refractivity contribution < 1.29 is 4.92 Å². The van der Waals surface area contributed by atoms with Gasteiger partial charge in [-0.1, -0.05) is 0 Å². The van der Waals surface area contributed by atoms with Crippen LogP contribution in [0.5, 0.6) is 0 Å². The molecule has 0 radical (unpaired) electrons. The Morgan fingerprint density at radius 1 is 1.50 bits per heavy atom. The van der Waals surface area contributed by atoms with E-state index in [1.54, 1.807) is 22.5 Å². The van der Waals surface area contributed by atoms with Gasteiger partial charge in [-0.2, -0.15) is 5.10 Å². The van der Waals surface area contributed by atoms with Crippen molar-refractivity contribution in [3.8, 4) is 0 Å². The SMILES string of the molecule is Cc1c(CNc2c([N+](=O)[O-])ncn2C)cnn1C. The zero-order valence-electron chi connectivity index (χ0n) is 10.4. The number of aryl methyl sites for hydroxylation is 2. The summed E-state index contributed by atoms with van der Waals surface area (Å²) in [7, 11) is 3.56. The van der Waals surface area contributed by atoms with Crippen molar-refractivity contribution in [3.05, 3.63) is 33.9 Å². The van der Waals surface area contributed by atoms with Crippen LogP contribution < -0.4 is 5.32 Å². The molecule has 0 aromatic carbocycles. The number of imidazole rings is 1. The maximum atomic E-state index is 10.8. The average molecular weight is 250 g/mol. The van der Waals surface area contributed by atoms with Gasteiger partial charge in [0.25, 0.3) is 0 Å². The van der Waals surface area contributed by atoms with Crippen molar-refractivity contribution in [2.45, 2.75) is 13.5 Å². The fourth-order valence-corrected chi connectivity index (χ4v) is 1.65. The van der Waals surface area contributed by atoms with Crippen molar-refractivity contribution in [2.24, 2.45) is 14.1 Å². The number of rotatable bonds is 4.